The maximum Gasteiger partial charge on any atom is 0.258 e. The topological polar surface area (TPSA) is 67.4 Å². The smallest absolute Gasteiger partial charge is 0.258 e. The molecule has 0 radical (unpaired) electrons. The highest BCUT2D eigenvalue weighted by atomic mass is 79.9. The number of benzene rings is 2. The fraction of sp³-hybridized carbons (Fsp3) is 0.263. The van der Waals surface area contributed by atoms with Crippen LogP contribution in [-0.4, -0.2) is 18.4 Å². The van der Waals surface area contributed by atoms with Gasteiger partial charge in [0.1, 0.15) is 5.75 Å². The molecule has 0 aromatic heterocycles. The zero-order chi connectivity index (χ0) is 18.2. The number of hydrogen-bond acceptors (Lipinski definition) is 3. The van der Waals surface area contributed by atoms with Gasteiger partial charge in [-0.05, 0) is 42.0 Å². The van der Waals surface area contributed by atoms with Gasteiger partial charge < -0.3 is 15.4 Å². The van der Waals surface area contributed by atoms with Crippen LogP contribution >= 0.6 is 15.9 Å². The van der Waals surface area contributed by atoms with Gasteiger partial charge in [0.25, 0.3) is 5.91 Å². The lowest BCUT2D eigenvalue weighted by atomic mass is 10.1. The van der Waals surface area contributed by atoms with Crippen molar-refractivity contribution in [3.05, 3.63) is 58.6 Å². The zero-order valence-electron chi connectivity index (χ0n) is 14.2. The van der Waals surface area contributed by atoms with Gasteiger partial charge in [0.05, 0.1) is 0 Å². The van der Waals surface area contributed by atoms with Crippen molar-refractivity contribution in [2.24, 2.45) is 5.92 Å². The van der Waals surface area contributed by atoms with E-state index in [1.807, 2.05) is 50.2 Å². The summed E-state index contributed by atoms with van der Waals surface area (Å²) in [6.45, 7) is 4.05. The molecule has 132 valence electrons. The number of rotatable bonds is 7. The van der Waals surface area contributed by atoms with Crippen LogP contribution in [0.15, 0.2) is 53.0 Å². The van der Waals surface area contributed by atoms with Crippen LogP contribution in [0, 0.1) is 5.92 Å². The van der Waals surface area contributed by atoms with Gasteiger partial charge in [-0.15, -0.1) is 0 Å². The van der Waals surface area contributed by atoms with E-state index in [-0.39, 0.29) is 24.3 Å². The second kappa shape index (κ2) is 9.22. The number of anilines is 1. The fourth-order valence-corrected chi connectivity index (χ4v) is 2.19. The van der Waals surface area contributed by atoms with E-state index in [1.165, 1.54) is 0 Å². The van der Waals surface area contributed by atoms with Crippen molar-refractivity contribution in [2.75, 3.05) is 11.9 Å². The Morgan fingerprint density at radius 2 is 1.68 bits per heavy atom. The van der Waals surface area contributed by atoms with Crippen LogP contribution < -0.4 is 15.4 Å². The van der Waals surface area contributed by atoms with E-state index in [1.54, 1.807) is 12.1 Å². The third-order valence-electron chi connectivity index (χ3n) is 3.42. The average Bonchev–Trinajstić information content (AvgIpc) is 2.60. The summed E-state index contributed by atoms with van der Waals surface area (Å²) in [7, 11) is 0. The van der Waals surface area contributed by atoms with Crippen LogP contribution in [0.2, 0.25) is 0 Å². The number of nitrogens with one attached hydrogen (secondary N) is 2. The summed E-state index contributed by atoms with van der Waals surface area (Å²) in [5.41, 5.74) is 1.69. The molecule has 0 aliphatic carbocycles. The number of ether oxygens (including phenoxy) is 1. The van der Waals surface area contributed by atoms with Crippen molar-refractivity contribution in [1.29, 1.82) is 0 Å². The Balaban J connectivity index is 1.75. The lowest BCUT2D eigenvalue weighted by Gasteiger charge is -2.10. The molecule has 2 rings (SSSR count). The predicted molar refractivity (Wildman–Crippen MR) is 101 cm³/mol. The van der Waals surface area contributed by atoms with Crippen molar-refractivity contribution in [2.45, 2.75) is 20.4 Å². The number of carbonyl (C=O) groups excluding carboxylic acids is 2. The van der Waals surface area contributed by atoms with Crippen LogP contribution in [0.3, 0.4) is 0 Å². The van der Waals surface area contributed by atoms with Gasteiger partial charge in [0.2, 0.25) is 5.91 Å². The monoisotopic (exact) mass is 404 g/mol. The van der Waals surface area contributed by atoms with Crippen molar-refractivity contribution in [3.63, 3.8) is 0 Å². The summed E-state index contributed by atoms with van der Waals surface area (Å²) in [5.74, 6) is 0.361. The molecule has 2 aromatic rings. The molecule has 6 heteroatoms. The molecule has 0 unspecified atom stereocenters. The minimum Gasteiger partial charge on any atom is -0.484 e. The third-order valence-corrected chi connectivity index (χ3v) is 3.95. The molecule has 5 nitrogen and oxygen atoms in total. The van der Waals surface area contributed by atoms with Gasteiger partial charge in [0, 0.05) is 22.6 Å². The number of hydrogen-bond donors (Lipinski definition) is 2. The molecule has 0 bridgehead atoms. The highest BCUT2D eigenvalue weighted by molar-refractivity contribution is 9.10. The lowest BCUT2D eigenvalue weighted by molar-refractivity contribution is -0.123. The third kappa shape index (κ3) is 6.58. The number of amides is 2. The Labute approximate surface area is 155 Å². The first-order valence-electron chi connectivity index (χ1n) is 7.99. The molecule has 0 saturated carbocycles. The van der Waals surface area contributed by atoms with Gasteiger partial charge in [-0.1, -0.05) is 41.9 Å². The van der Waals surface area contributed by atoms with E-state index in [4.69, 9.17) is 4.74 Å². The lowest BCUT2D eigenvalue weighted by Crippen LogP contribution is -2.28. The van der Waals surface area contributed by atoms with Gasteiger partial charge in [-0.3, -0.25) is 9.59 Å². The van der Waals surface area contributed by atoms with E-state index in [9.17, 15) is 9.59 Å². The van der Waals surface area contributed by atoms with Crippen LogP contribution in [0.25, 0.3) is 0 Å². The maximum absolute atomic E-state index is 11.8. The largest absolute Gasteiger partial charge is 0.484 e. The quantitative estimate of drug-likeness (QED) is 0.738. The normalized spacial score (nSPS) is 10.4. The molecule has 0 atom stereocenters. The first-order chi connectivity index (χ1) is 11.9. The van der Waals surface area contributed by atoms with Gasteiger partial charge in [-0.25, -0.2) is 0 Å². The molecule has 0 saturated heterocycles. The number of halogens is 1. The molecule has 0 fully saturated rings. The Morgan fingerprint density at radius 1 is 1.04 bits per heavy atom. The summed E-state index contributed by atoms with van der Waals surface area (Å²) in [5, 5.41) is 5.62. The minimum atomic E-state index is -0.194. The summed E-state index contributed by atoms with van der Waals surface area (Å²) in [6, 6.07) is 14.7. The van der Waals surface area contributed by atoms with Crippen molar-refractivity contribution in [1.82, 2.24) is 5.32 Å². The molecule has 25 heavy (non-hydrogen) atoms. The van der Waals surface area contributed by atoms with E-state index < -0.39 is 0 Å². The van der Waals surface area contributed by atoms with Crippen molar-refractivity contribution >= 4 is 33.4 Å². The van der Waals surface area contributed by atoms with Crippen LogP contribution in [0.5, 0.6) is 5.75 Å². The van der Waals surface area contributed by atoms with Gasteiger partial charge in [0.15, 0.2) is 6.61 Å². The molecule has 0 spiro atoms. The fourth-order valence-electron chi connectivity index (χ4n) is 1.92. The SMILES string of the molecule is CC(C)C(=O)Nc1ccc(CNC(=O)COc2ccc(Br)cc2)cc1. The average molecular weight is 405 g/mol. The van der Waals surface area contributed by atoms with Crippen LogP contribution in [-0.2, 0) is 16.1 Å². The van der Waals surface area contributed by atoms with Crippen LogP contribution in [0.4, 0.5) is 5.69 Å². The molecular weight excluding hydrogens is 384 g/mol. The van der Waals surface area contributed by atoms with E-state index in [2.05, 4.69) is 26.6 Å². The van der Waals surface area contributed by atoms with Crippen LogP contribution in [0.1, 0.15) is 19.4 Å². The Morgan fingerprint density at radius 3 is 2.28 bits per heavy atom. The minimum absolute atomic E-state index is 0.0221. The maximum atomic E-state index is 11.8. The first-order valence-corrected chi connectivity index (χ1v) is 8.78. The predicted octanol–water partition coefficient (Wildman–Crippen LogP) is 3.74. The molecule has 2 N–H and O–H groups in total. The molecule has 2 aromatic carbocycles. The van der Waals surface area contributed by atoms with E-state index in [0.717, 1.165) is 15.7 Å². The molecule has 0 aliphatic heterocycles. The summed E-state index contributed by atoms with van der Waals surface area (Å²) < 4.78 is 6.37. The molecular formula is C19H21BrN2O3. The standard InChI is InChI=1S/C19H21BrN2O3/c1-13(2)19(24)22-16-7-3-14(4-8-16)11-21-18(23)12-25-17-9-5-15(20)6-10-17/h3-10,13H,11-12H2,1-2H3,(H,21,23)(H,22,24). The molecule has 0 aliphatic rings. The van der Waals surface area contributed by atoms with E-state index in [0.29, 0.717) is 12.3 Å². The molecule has 2 amide bonds. The van der Waals surface area contributed by atoms with Gasteiger partial charge >= 0.3 is 0 Å². The summed E-state index contributed by atoms with van der Waals surface area (Å²) >= 11 is 3.34. The zero-order valence-corrected chi connectivity index (χ0v) is 15.8. The van der Waals surface area contributed by atoms with E-state index >= 15 is 0 Å². The van der Waals surface area contributed by atoms with Gasteiger partial charge in [-0.2, -0.15) is 0 Å². The highest BCUT2D eigenvalue weighted by Gasteiger charge is 2.07. The highest BCUT2D eigenvalue weighted by Crippen LogP contribution is 2.16. The second-order valence-electron chi connectivity index (χ2n) is 5.86. The molecule has 0 heterocycles. The second-order valence-corrected chi connectivity index (χ2v) is 6.78. The summed E-state index contributed by atoms with van der Waals surface area (Å²) in [6.07, 6.45) is 0. The summed E-state index contributed by atoms with van der Waals surface area (Å²) in [4.78, 5) is 23.5. The Bertz CT molecular complexity index is 712. The van der Waals surface area contributed by atoms with Crippen molar-refractivity contribution < 1.29 is 14.3 Å². The number of carbonyl (C=O) groups is 2. The van der Waals surface area contributed by atoms with Crippen molar-refractivity contribution in [3.8, 4) is 5.75 Å². The Hall–Kier alpha value is -2.34. The first kappa shape index (κ1) is 19.0. The Kier molecular flexibility index (Phi) is 7.01.